The Morgan fingerprint density at radius 1 is 1.11 bits per heavy atom. The van der Waals surface area contributed by atoms with Gasteiger partial charge >= 0.3 is 0 Å². The van der Waals surface area contributed by atoms with E-state index in [1.165, 1.54) is 32.1 Å². The van der Waals surface area contributed by atoms with Crippen molar-refractivity contribution in [2.45, 2.75) is 38.1 Å². The largest absolute Gasteiger partial charge is 0.327 e. The molecule has 0 unspecified atom stereocenters. The van der Waals surface area contributed by atoms with Crippen LogP contribution in [0.2, 0.25) is 0 Å². The average Bonchev–Trinajstić information content (AvgIpc) is 2.44. The van der Waals surface area contributed by atoms with E-state index in [9.17, 15) is 0 Å². The summed E-state index contributed by atoms with van der Waals surface area (Å²) in [5.74, 6) is 1.97. The van der Waals surface area contributed by atoms with Gasteiger partial charge in [-0.3, -0.25) is 0 Å². The topological polar surface area (TPSA) is 26.0 Å². The van der Waals surface area contributed by atoms with Gasteiger partial charge in [-0.25, -0.2) is 0 Å². The van der Waals surface area contributed by atoms with Crippen molar-refractivity contribution in [1.82, 2.24) is 0 Å². The lowest BCUT2D eigenvalue weighted by Gasteiger charge is -2.04. The van der Waals surface area contributed by atoms with Crippen LogP contribution >= 0.6 is 0 Å². The van der Waals surface area contributed by atoms with Gasteiger partial charge in [-0.05, 0) is 18.3 Å². The average molecular weight is 125 g/mol. The molecule has 9 heavy (non-hydrogen) atoms. The molecule has 2 atom stereocenters. The van der Waals surface area contributed by atoms with E-state index in [4.69, 9.17) is 5.73 Å². The van der Waals surface area contributed by atoms with E-state index < -0.39 is 0 Å². The van der Waals surface area contributed by atoms with E-state index in [0.29, 0.717) is 6.04 Å². The van der Waals surface area contributed by atoms with Crippen molar-refractivity contribution < 1.29 is 0 Å². The van der Waals surface area contributed by atoms with Crippen LogP contribution < -0.4 is 5.73 Å². The normalized spacial score (nSPS) is 43.7. The van der Waals surface area contributed by atoms with Gasteiger partial charge in [-0.15, -0.1) is 0 Å². The van der Waals surface area contributed by atoms with E-state index in [0.717, 1.165) is 11.8 Å². The third-order valence-electron chi connectivity index (χ3n) is 2.90. The summed E-state index contributed by atoms with van der Waals surface area (Å²) >= 11 is 0. The fourth-order valence-electron chi connectivity index (χ4n) is 2.16. The summed E-state index contributed by atoms with van der Waals surface area (Å²) < 4.78 is 0. The predicted molar refractivity (Wildman–Crippen MR) is 38.0 cm³/mol. The van der Waals surface area contributed by atoms with Gasteiger partial charge in [-0.1, -0.05) is 25.7 Å². The molecule has 1 heteroatoms. The van der Waals surface area contributed by atoms with E-state index in [1.807, 2.05) is 0 Å². The number of hydrogen-bond donors (Lipinski definition) is 1. The second-order valence-corrected chi connectivity index (χ2v) is 3.61. The molecule has 2 rings (SSSR count). The Morgan fingerprint density at radius 3 is 2.11 bits per heavy atom. The Balaban J connectivity index is 1.85. The molecule has 0 aromatic rings. The summed E-state index contributed by atoms with van der Waals surface area (Å²) in [4.78, 5) is 0. The fraction of sp³-hybridized carbons (Fsp3) is 1.00. The first-order valence-electron chi connectivity index (χ1n) is 4.13. The van der Waals surface area contributed by atoms with Crippen LogP contribution in [0.1, 0.15) is 32.1 Å². The van der Waals surface area contributed by atoms with Crippen LogP contribution in [-0.2, 0) is 0 Å². The van der Waals surface area contributed by atoms with Gasteiger partial charge in [-0.2, -0.15) is 0 Å². The first-order chi connectivity index (χ1) is 4.38. The molecular weight excluding hydrogens is 110 g/mol. The highest BCUT2D eigenvalue weighted by molar-refractivity contribution is 4.95. The molecule has 0 saturated heterocycles. The minimum absolute atomic E-state index is 0.591. The number of rotatable bonds is 1. The lowest BCUT2D eigenvalue weighted by molar-refractivity contribution is 0.469. The van der Waals surface area contributed by atoms with Crippen LogP contribution in [-0.4, -0.2) is 6.04 Å². The minimum atomic E-state index is 0.591. The van der Waals surface area contributed by atoms with E-state index >= 15 is 0 Å². The van der Waals surface area contributed by atoms with Gasteiger partial charge in [0.15, 0.2) is 0 Å². The molecule has 0 bridgehead atoms. The van der Waals surface area contributed by atoms with Crippen molar-refractivity contribution in [2.75, 3.05) is 0 Å². The highest BCUT2D eigenvalue weighted by atomic mass is 14.8. The van der Waals surface area contributed by atoms with Crippen molar-refractivity contribution in [1.29, 1.82) is 0 Å². The molecule has 0 heterocycles. The van der Waals surface area contributed by atoms with Crippen LogP contribution in [0, 0.1) is 11.8 Å². The minimum Gasteiger partial charge on any atom is -0.327 e. The molecule has 2 N–H and O–H groups in total. The van der Waals surface area contributed by atoms with Crippen LogP contribution in [0.5, 0.6) is 0 Å². The molecular formula is C8H15N. The first kappa shape index (κ1) is 5.72. The highest BCUT2D eigenvalue weighted by Crippen LogP contribution is 2.43. The Kier molecular flexibility index (Phi) is 1.26. The summed E-state index contributed by atoms with van der Waals surface area (Å²) in [5, 5.41) is 0. The summed E-state index contributed by atoms with van der Waals surface area (Å²) in [6.45, 7) is 0. The van der Waals surface area contributed by atoms with Crippen molar-refractivity contribution in [3.63, 3.8) is 0 Å². The third kappa shape index (κ3) is 0.983. The van der Waals surface area contributed by atoms with Crippen LogP contribution in [0.4, 0.5) is 0 Å². The zero-order valence-corrected chi connectivity index (χ0v) is 5.84. The molecule has 0 aromatic heterocycles. The van der Waals surface area contributed by atoms with Gasteiger partial charge in [0.25, 0.3) is 0 Å². The van der Waals surface area contributed by atoms with Crippen molar-refractivity contribution in [3.05, 3.63) is 0 Å². The lowest BCUT2D eigenvalue weighted by atomic mass is 10.0. The smallest absolute Gasteiger partial charge is 0.00737 e. The zero-order chi connectivity index (χ0) is 6.27. The van der Waals surface area contributed by atoms with Gasteiger partial charge in [0.1, 0.15) is 0 Å². The van der Waals surface area contributed by atoms with E-state index in [1.54, 1.807) is 0 Å². The summed E-state index contributed by atoms with van der Waals surface area (Å²) in [5.41, 5.74) is 5.75. The van der Waals surface area contributed by atoms with Gasteiger partial charge in [0, 0.05) is 6.04 Å². The Hall–Kier alpha value is -0.0400. The lowest BCUT2D eigenvalue weighted by Crippen LogP contribution is -2.07. The van der Waals surface area contributed by atoms with Crippen LogP contribution in [0.3, 0.4) is 0 Å². The van der Waals surface area contributed by atoms with Crippen LogP contribution in [0.25, 0.3) is 0 Å². The van der Waals surface area contributed by atoms with Gasteiger partial charge < -0.3 is 5.73 Å². The monoisotopic (exact) mass is 125 g/mol. The summed E-state index contributed by atoms with van der Waals surface area (Å²) in [7, 11) is 0. The predicted octanol–water partition coefficient (Wildman–Crippen LogP) is 1.52. The maximum absolute atomic E-state index is 5.75. The van der Waals surface area contributed by atoms with E-state index in [-0.39, 0.29) is 0 Å². The second-order valence-electron chi connectivity index (χ2n) is 3.61. The maximum atomic E-state index is 5.75. The molecule has 52 valence electrons. The van der Waals surface area contributed by atoms with Crippen molar-refractivity contribution in [3.8, 4) is 0 Å². The molecule has 2 aliphatic rings. The standard InChI is InChI=1S/C8H15N/c9-8-5-7(8)6-3-1-2-4-6/h6-8H,1-5,9H2/t7-,8+/m0/s1. The molecule has 0 aliphatic heterocycles. The molecule has 2 aliphatic carbocycles. The quantitative estimate of drug-likeness (QED) is 0.565. The van der Waals surface area contributed by atoms with Crippen molar-refractivity contribution >= 4 is 0 Å². The summed E-state index contributed by atoms with van der Waals surface area (Å²) in [6.07, 6.45) is 7.20. The van der Waals surface area contributed by atoms with Crippen LogP contribution in [0.15, 0.2) is 0 Å². The first-order valence-corrected chi connectivity index (χ1v) is 4.13. The summed E-state index contributed by atoms with van der Waals surface area (Å²) in [6, 6.07) is 0.591. The van der Waals surface area contributed by atoms with Gasteiger partial charge in [0.2, 0.25) is 0 Å². The molecule has 2 saturated carbocycles. The number of hydrogen-bond acceptors (Lipinski definition) is 1. The SMILES string of the molecule is N[C@@H]1C[C@H]1C1CCCC1. The van der Waals surface area contributed by atoms with E-state index in [2.05, 4.69) is 0 Å². The van der Waals surface area contributed by atoms with Crippen molar-refractivity contribution in [2.24, 2.45) is 17.6 Å². The Bertz CT molecular complexity index is 105. The fourth-order valence-corrected chi connectivity index (χ4v) is 2.16. The Morgan fingerprint density at radius 2 is 1.67 bits per heavy atom. The third-order valence-corrected chi connectivity index (χ3v) is 2.90. The zero-order valence-electron chi connectivity index (χ0n) is 5.84. The molecule has 1 nitrogen and oxygen atoms in total. The molecule has 0 radical (unpaired) electrons. The number of nitrogens with two attached hydrogens (primary N) is 1. The second kappa shape index (κ2) is 1.98. The molecule has 0 spiro atoms. The molecule has 2 fully saturated rings. The maximum Gasteiger partial charge on any atom is 0.00737 e. The Labute approximate surface area is 56.6 Å². The molecule has 0 amide bonds. The van der Waals surface area contributed by atoms with Gasteiger partial charge in [0.05, 0.1) is 0 Å². The molecule has 0 aromatic carbocycles. The highest BCUT2D eigenvalue weighted by Gasteiger charge is 2.40.